The molecule has 2 saturated heterocycles. The van der Waals surface area contributed by atoms with Gasteiger partial charge >= 0.3 is 0 Å². The number of rotatable bonds is 0. The summed E-state index contributed by atoms with van der Waals surface area (Å²) < 4.78 is 0.992. The largest absolute Gasteiger partial charge is 0.345 e. The van der Waals surface area contributed by atoms with Gasteiger partial charge in [-0.3, -0.25) is 4.79 Å². The maximum absolute atomic E-state index is 11.2. The molecule has 1 amide bonds. The Hall–Kier alpha value is -0.570. The van der Waals surface area contributed by atoms with Gasteiger partial charge in [-0.15, -0.1) is 0 Å². The van der Waals surface area contributed by atoms with Crippen LogP contribution in [0.5, 0.6) is 0 Å². The second-order valence-corrected chi connectivity index (χ2v) is 4.31. The second-order valence-electron chi connectivity index (χ2n) is 4.31. The molecule has 0 aromatic carbocycles. The van der Waals surface area contributed by atoms with Crippen LogP contribution < -0.4 is 5.32 Å². The van der Waals surface area contributed by atoms with Crippen LogP contribution in [0.1, 0.15) is 19.3 Å². The minimum atomic E-state index is 0.232. The summed E-state index contributed by atoms with van der Waals surface area (Å²) in [6, 6.07) is 0.691. The van der Waals surface area contributed by atoms with Crippen molar-refractivity contribution in [3.63, 3.8) is 0 Å². The summed E-state index contributed by atoms with van der Waals surface area (Å²) in [6.07, 6.45) is 3.92. The molecule has 2 heterocycles. The number of hydrogen-bond donors (Lipinski definition) is 1. The highest BCUT2D eigenvalue weighted by Crippen LogP contribution is 2.24. The van der Waals surface area contributed by atoms with Crippen LogP contribution in [-0.4, -0.2) is 43.1 Å². The highest BCUT2D eigenvalue weighted by Gasteiger charge is 2.40. The molecule has 12 heavy (non-hydrogen) atoms. The van der Waals surface area contributed by atoms with Crippen LogP contribution in [0.2, 0.25) is 0 Å². The monoisotopic (exact) mass is 169 g/mol. The molecule has 0 bridgehead atoms. The van der Waals surface area contributed by atoms with E-state index < -0.39 is 0 Å². The molecule has 0 saturated carbocycles. The fourth-order valence-corrected chi connectivity index (χ4v) is 2.49. The van der Waals surface area contributed by atoms with Gasteiger partial charge in [-0.25, -0.2) is 0 Å². The van der Waals surface area contributed by atoms with Gasteiger partial charge in [-0.05, 0) is 12.8 Å². The number of carbonyl (C=O) groups is 1. The summed E-state index contributed by atoms with van der Waals surface area (Å²) >= 11 is 0. The van der Waals surface area contributed by atoms with E-state index in [0.29, 0.717) is 12.6 Å². The summed E-state index contributed by atoms with van der Waals surface area (Å²) in [7, 11) is 2.22. The van der Waals surface area contributed by atoms with Gasteiger partial charge in [0.25, 0.3) is 5.91 Å². The van der Waals surface area contributed by atoms with E-state index in [0.717, 1.165) is 11.0 Å². The number of piperidine rings is 1. The molecule has 0 spiro atoms. The molecule has 2 rings (SSSR count). The lowest BCUT2D eigenvalue weighted by molar-refractivity contribution is -0.932. The third kappa shape index (κ3) is 1.22. The van der Waals surface area contributed by atoms with E-state index in [2.05, 4.69) is 12.4 Å². The minimum absolute atomic E-state index is 0.232. The van der Waals surface area contributed by atoms with Crippen molar-refractivity contribution < 1.29 is 9.28 Å². The van der Waals surface area contributed by atoms with Gasteiger partial charge in [0.2, 0.25) is 0 Å². The molecule has 0 aromatic rings. The first-order valence-electron chi connectivity index (χ1n) is 4.82. The topological polar surface area (TPSA) is 29.1 Å². The number of quaternary nitrogens is 1. The number of fused-ring (bicyclic) bond motifs is 1. The number of carbonyl (C=O) groups excluding carboxylic acids is 1. The lowest BCUT2D eigenvalue weighted by Crippen LogP contribution is -2.66. The van der Waals surface area contributed by atoms with Crippen LogP contribution in [-0.2, 0) is 4.79 Å². The summed E-state index contributed by atoms with van der Waals surface area (Å²) in [6.45, 7) is 2.79. The molecule has 0 aliphatic carbocycles. The van der Waals surface area contributed by atoms with E-state index in [9.17, 15) is 4.79 Å². The van der Waals surface area contributed by atoms with Gasteiger partial charge < -0.3 is 9.80 Å². The zero-order valence-electron chi connectivity index (χ0n) is 7.68. The van der Waals surface area contributed by atoms with Crippen LogP contribution in [0, 0.1) is 0 Å². The Morgan fingerprint density at radius 1 is 1.50 bits per heavy atom. The number of amides is 1. The van der Waals surface area contributed by atoms with Crippen molar-refractivity contribution in [3.8, 4) is 0 Å². The van der Waals surface area contributed by atoms with Gasteiger partial charge in [-0.1, -0.05) is 0 Å². The molecule has 0 radical (unpaired) electrons. The van der Waals surface area contributed by atoms with Crippen LogP contribution in [0.25, 0.3) is 0 Å². The highest BCUT2D eigenvalue weighted by molar-refractivity contribution is 5.77. The second kappa shape index (κ2) is 2.73. The van der Waals surface area contributed by atoms with E-state index in [-0.39, 0.29) is 5.91 Å². The first-order chi connectivity index (χ1) is 5.71. The van der Waals surface area contributed by atoms with E-state index in [4.69, 9.17) is 0 Å². The van der Waals surface area contributed by atoms with Crippen molar-refractivity contribution in [1.29, 1.82) is 0 Å². The molecule has 2 aliphatic rings. The van der Waals surface area contributed by atoms with Crippen molar-refractivity contribution in [2.24, 2.45) is 0 Å². The molecular formula is C9H17N2O+. The van der Waals surface area contributed by atoms with Crippen molar-refractivity contribution in [2.45, 2.75) is 25.3 Å². The quantitative estimate of drug-likeness (QED) is 0.513. The Balaban J connectivity index is 2.12. The SMILES string of the molecule is C[N+]12CCCC[C@@H]1CNC(=O)C2. The smallest absolute Gasteiger partial charge is 0.275 e. The van der Waals surface area contributed by atoms with Gasteiger partial charge in [0.1, 0.15) is 6.04 Å². The molecule has 68 valence electrons. The normalized spacial score (nSPS) is 41.8. The number of hydrogen-bond acceptors (Lipinski definition) is 1. The first kappa shape index (κ1) is 8.05. The fraction of sp³-hybridized carbons (Fsp3) is 0.889. The first-order valence-corrected chi connectivity index (χ1v) is 4.82. The van der Waals surface area contributed by atoms with Crippen molar-refractivity contribution >= 4 is 5.91 Å². The maximum Gasteiger partial charge on any atom is 0.275 e. The van der Waals surface area contributed by atoms with Gasteiger partial charge in [0.05, 0.1) is 20.1 Å². The summed E-state index contributed by atoms with van der Waals surface area (Å²) in [5.41, 5.74) is 0. The molecule has 2 fully saturated rings. The summed E-state index contributed by atoms with van der Waals surface area (Å²) in [5, 5.41) is 2.95. The summed E-state index contributed by atoms with van der Waals surface area (Å²) in [4.78, 5) is 11.2. The highest BCUT2D eigenvalue weighted by atomic mass is 16.2. The van der Waals surface area contributed by atoms with Crippen molar-refractivity contribution in [1.82, 2.24) is 5.32 Å². The predicted octanol–water partition coefficient (Wildman–Crippen LogP) is 0.115. The zero-order chi connectivity index (χ0) is 8.60. The Bertz CT molecular complexity index is 205. The Kier molecular flexibility index (Phi) is 1.83. The molecular weight excluding hydrogens is 152 g/mol. The minimum Gasteiger partial charge on any atom is -0.345 e. The molecule has 3 heteroatoms. The average Bonchev–Trinajstić information content (AvgIpc) is 2.02. The number of nitrogens with zero attached hydrogens (tertiary/aromatic N) is 1. The van der Waals surface area contributed by atoms with Crippen LogP contribution in [0.4, 0.5) is 0 Å². The van der Waals surface area contributed by atoms with E-state index in [1.807, 2.05) is 0 Å². The van der Waals surface area contributed by atoms with E-state index in [1.165, 1.54) is 25.8 Å². The fourth-order valence-electron chi connectivity index (χ4n) is 2.49. The molecule has 3 nitrogen and oxygen atoms in total. The van der Waals surface area contributed by atoms with Crippen LogP contribution >= 0.6 is 0 Å². The molecule has 1 unspecified atom stereocenters. The standard InChI is InChI=1S/C9H16N2O/c1-11-5-3-2-4-8(11)6-10-9(12)7-11/h8H,2-7H2,1H3/p+1/t8-,11?/m1/s1. The number of piperazine rings is 1. The van der Waals surface area contributed by atoms with Gasteiger partial charge in [0, 0.05) is 6.42 Å². The lowest BCUT2D eigenvalue weighted by Gasteiger charge is -2.47. The third-order valence-corrected chi connectivity index (χ3v) is 3.38. The maximum atomic E-state index is 11.2. The Morgan fingerprint density at radius 3 is 3.17 bits per heavy atom. The number of likely N-dealkylation sites (N-methyl/N-ethyl adjacent to an activating group) is 1. The molecule has 2 aliphatic heterocycles. The van der Waals surface area contributed by atoms with E-state index >= 15 is 0 Å². The van der Waals surface area contributed by atoms with Crippen molar-refractivity contribution in [3.05, 3.63) is 0 Å². The molecule has 0 aromatic heterocycles. The summed E-state index contributed by atoms with van der Waals surface area (Å²) in [5.74, 6) is 0.232. The zero-order valence-corrected chi connectivity index (χ0v) is 7.68. The lowest BCUT2D eigenvalue weighted by atomic mass is 9.97. The molecule has 1 N–H and O–H groups in total. The van der Waals surface area contributed by atoms with Gasteiger partial charge in [-0.2, -0.15) is 0 Å². The average molecular weight is 169 g/mol. The Labute approximate surface area is 73.3 Å². The van der Waals surface area contributed by atoms with Crippen LogP contribution in [0.3, 0.4) is 0 Å². The van der Waals surface area contributed by atoms with Crippen LogP contribution in [0.15, 0.2) is 0 Å². The Morgan fingerprint density at radius 2 is 2.33 bits per heavy atom. The third-order valence-electron chi connectivity index (χ3n) is 3.38. The van der Waals surface area contributed by atoms with E-state index in [1.54, 1.807) is 0 Å². The number of nitrogens with one attached hydrogen (secondary N) is 1. The molecule has 2 atom stereocenters. The predicted molar refractivity (Wildman–Crippen MR) is 46.6 cm³/mol. The van der Waals surface area contributed by atoms with Crippen molar-refractivity contribution in [2.75, 3.05) is 26.7 Å². The van der Waals surface area contributed by atoms with Gasteiger partial charge in [0.15, 0.2) is 6.54 Å².